The van der Waals surface area contributed by atoms with Crippen LogP contribution in [-0.2, 0) is 10.8 Å². The number of fused-ring (bicyclic) bond motifs is 6. The predicted molar refractivity (Wildman–Crippen MR) is 175 cm³/mol. The van der Waals surface area contributed by atoms with E-state index < -0.39 is 8.80 Å². The van der Waals surface area contributed by atoms with Crippen molar-refractivity contribution in [2.45, 2.75) is 78.2 Å². The first-order chi connectivity index (χ1) is 19.0. The van der Waals surface area contributed by atoms with Crippen LogP contribution >= 0.6 is 0 Å². The molecular formula is C39H41Si. The lowest BCUT2D eigenvalue weighted by Crippen LogP contribution is -2.45. The Labute approximate surface area is 242 Å². The van der Waals surface area contributed by atoms with E-state index in [1.807, 2.05) is 0 Å². The molecule has 4 aromatic carbocycles. The first kappa shape index (κ1) is 25.8. The second kappa shape index (κ2) is 8.67. The fraction of sp³-hybridized carbons (Fsp3) is 0.333. The fourth-order valence-corrected chi connectivity index (χ4v) is 11.3. The van der Waals surface area contributed by atoms with Gasteiger partial charge in [-0.05, 0) is 89.2 Å². The summed E-state index contributed by atoms with van der Waals surface area (Å²) < 4.78 is 0. The van der Waals surface area contributed by atoms with Crippen LogP contribution in [0.4, 0.5) is 0 Å². The molecule has 1 heteroatoms. The molecule has 0 saturated carbocycles. The lowest BCUT2D eigenvalue weighted by Gasteiger charge is -2.29. The van der Waals surface area contributed by atoms with Crippen LogP contribution in [0.25, 0.3) is 39.5 Å². The average Bonchev–Trinajstić information content (AvgIpc) is 3.44. The van der Waals surface area contributed by atoms with Crippen molar-refractivity contribution in [3.05, 3.63) is 101 Å². The van der Waals surface area contributed by atoms with Gasteiger partial charge in [-0.3, -0.25) is 0 Å². The van der Waals surface area contributed by atoms with E-state index in [9.17, 15) is 0 Å². The third kappa shape index (κ3) is 3.63. The van der Waals surface area contributed by atoms with Crippen LogP contribution in [0.5, 0.6) is 0 Å². The molecule has 2 bridgehead atoms. The molecule has 0 aromatic heterocycles. The van der Waals surface area contributed by atoms with Gasteiger partial charge >= 0.3 is 0 Å². The Morgan fingerprint density at radius 2 is 1.35 bits per heavy atom. The van der Waals surface area contributed by atoms with E-state index in [1.54, 1.807) is 21.5 Å². The van der Waals surface area contributed by atoms with Gasteiger partial charge in [0, 0.05) is 5.54 Å². The number of hydrogen-bond donors (Lipinski definition) is 0. The summed E-state index contributed by atoms with van der Waals surface area (Å²) in [6.45, 7) is 19.0. The molecule has 40 heavy (non-hydrogen) atoms. The van der Waals surface area contributed by atoms with Crippen LogP contribution in [0.3, 0.4) is 0 Å². The standard InChI is InChI=1S/C39H41Si/c1-9-23(2)32-21-24-17-18-29-31-15-12-14-30-28-13-10-11-16-33(28)40(36(30)31)37(32)35(24)34(29)25-19-26(38(3,4)5)22-27(20-25)39(6,7)8/h10-23,37H,9H2,1-8H3. The third-order valence-electron chi connectivity index (χ3n) is 9.78. The van der Waals surface area contributed by atoms with Gasteiger partial charge in [0.05, 0.1) is 0 Å². The smallest absolute Gasteiger partial charge is 0.0648 e. The largest absolute Gasteiger partial charge is 0.135 e. The summed E-state index contributed by atoms with van der Waals surface area (Å²) in [5, 5.41) is 3.25. The van der Waals surface area contributed by atoms with E-state index in [2.05, 4.69) is 134 Å². The molecule has 2 heterocycles. The zero-order chi connectivity index (χ0) is 28.1. The van der Waals surface area contributed by atoms with Crippen molar-refractivity contribution in [1.82, 2.24) is 0 Å². The summed E-state index contributed by atoms with van der Waals surface area (Å²) in [7, 11) is -1.07. The Kier molecular flexibility index (Phi) is 5.59. The fourth-order valence-electron chi connectivity index (χ4n) is 7.33. The maximum Gasteiger partial charge on any atom is 0.135 e. The lowest BCUT2D eigenvalue weighted by molar-refractivity contribution is 0.569. The van der Waals surface area contributed by atoms with E-state index in [1.165, 1.54) is 56.5 Å². The van der Waals surface area contributed by atoms with E-state index in [4.69, 9.17) is 0 Å². The molecule has 0 nitrogen and oxygen atoms in total. The van der Waals surface area contributed by atoms with Crippen LogP contribution in [0, 0.1) is 5.92 Å². The molecule has 2 unspecified atom stereocenters. The van der Waals surface area contributed by atoms with Gasteiger partial charge in [0.2, 0.25) is 0 Å². The molecular weight excluding hydrogens is 497 g/mol. The van der Waals surface area contributed by atoms with Gasteiger partial charge in [-0.2, -0.15) is 0 Å². The quantitative estimate of drug-likeness (QED) is 0.228. The summed E-state index contributed by atoms with van der Waals surface area (Å²) in [6.07, 6.45) is 3.77. The highest BCUT2D eigenvalue weighted by Gasteiger charge is 2.47. The van der Waals surface area contributed by atoms with E-state index in [0.29, 0.717) is 11.5 Å². The SMILES string of the molecule is CCC(C)C1=Cc2ccc3c(-c4cc(C(C)(C)C)cc(C(C)(C)C)c4)c2C1[Si]1c2ccccc2-c2cccc-3c21. The number of benzene rings is 4. The highest BCUT2D eigenvalue weighted by molar-refractivity contribution is 6.92. The van der Waals surface area contributed by atoms with Gasteiger partial charge in [-0.15, -0.1) is 0 Å². The van der Waals surface area contributed by atoms with Crippen molar-refractivity contribution in [3.8, 4) is 33.4 Å². The molecule has 3 aliphatic rings. The Morgan fingerprint density at radius 1 is 0.725 bits per heavy atom. The maximum atomic E-state index is 2.59. The molecule has 0 fully saturated rings. The Hall–Kier alpha value is -3.16. The molecule has 0 spiro atoms. The highest BCUT2D eigenvalue weighted by atomic mass is 28.3. The van der Waals surface area contributed by atoms with E-state index >= 15 is 0 Å². The molecule has 4 aromatic rings. The Balaban J connectivity index is 1.61. The molecule has 2 atom stereocenters. The van der Waals surface area contributed by atoms with Crippen LogP contribution in [-0.4, -0.2) is 8.80 Å². The van der Waals surface area contributed by atoms with Crippen LogP contribution in [0.2, 0.25) is 0 Å². The Morgan fingerprint density at radius 3 is 2.00 bits per heavy atom. The van der Waals surface area contributed by atoms with Gasteiger partial charge in [0.15, 0.2) is 0 Å². The van der Waals surface area contributed by atoms with Gasteiger partial charge < -0.3 is 0 Å². The normalized spacial score (nSPS) is 17.8. The van der Waals surface area contributed by atoms with E-state index in [0.717, 1.165) is 0 Å². The molecule has 0 N–H and O–H groups in total. The van der Waals surface area contributed by atoms with Gasteiger partial charge in [-0.1, -0.05) is 140 Å². The van der Waals surface area contributed by atoms with Crippen molar-refractivity contribution in [2.75, 3.05) is 0 Å². The summed E-state index contributed by atoms with van der Waals surface area (Å²) in [4.78, 5) is 0. The highest BCUT2D eigenvalue weighted by Crippen LogP contribution is 2.54. The molecule has 2 aliphatic heterocycles. The molecule has 201 valence electrons. The van der Waals surface area contributed by atoms with Gasteiger partial charge in [-0.25, -0.2) is 0 Å². The zero-order valence-electron chi connectivity index (χ0n) is 25.4. The van der Waals surface area contributed by atoms with Crippen molar-refractivity contribution in [1.29, 1.82) is 0 Å². The molecule has 1 aliphatic carbocycles. The molecule has 1 radical (unpaired) electrons. The first-order valence-electron chi connectivity index (χ1n) is 15.1. The summed E-state index contributed by atoms with van der Waals surface area (Å²) in [5.74, 6) is 0.568. The minimum atomic E-state index is -1.07. The number of allylic oxidation sites excluding steroid dienone is 1. The summed E-state index contributed by atoms with van der Waals surface area (Å²) in [6, 6.07) is 28.8. The van der Waals surface area contributed by atoms with Gasteiger partial charge in [0.25, 0.3) is 0 Å². The summed E-state index contributed by atoms with van der Waals surface area (Å²) >= 11 is 0. The minimum Gasteiger partial charge on any atom is -0.0648 e. The topological polar surface area (TPSA) is 0 Å². The van der Waals surface area contributed by atoms with Crippen LogP contribution in [0.15, 0.2) is 78.4 Å². The van der Waals surface area contributed by atoms with Crippen molar-refractivity contribution >= 4 is 25.2 Å². The molecule has 0 saturated heterocycles. The summed E-state index contributed by atoms with van der Waals surface area (Å²) in [5.41, 5.74) is 16.9. The third-order valence-corrected chi connectivity index (χ3v) is 13.1. The Bertz CT molecular complexity index is 1690. The van der Waals surface area contributed by atoms with Gasteiger partial charge in [0.1, 0.15) is 8.80 Å². The van der Waals surface area contributed by atoms with E-state index in [-0.39, 0.29) is 10.8 Å². The second-order valence-electron chi connectivity index (χ2n) is 14.4. The zero-order valence-corrected chi connectivity index (χ0v) is 26.4. The van der Waals surface area contributed by atoms with Crippen LogP contribution < -0.4 is 10.4 Å². The lowest BCUT2D eigenvalue weighted by atomic mass is 9.77. The minimum absolute atomic E-state index is 0.0816. The first-order valence-corrected chi connectivity index (χ1v) is 16.7. The number of rotatable bonds is 3. The van der Waals surface area contributed by atoms with Crippen molar-refractivity contribution in [2.24, 2.45) is 5.92 Å². The van der Waals surface area contributed by atoms with Crippen molar-refractivity contribution in [3.63, 3.8) is 0 Å². The molecule has 0 amide bonds. The predicted octanol–water partition coefficient (Wildman–Crippen LogP) is 9.28. The van der Waals surface area contributed by atoms with Crippen LogP contribution in [0.1, 0.15) is 89.6 Å². The molecule has 7 rings (SSSR count). The number of hydrogen-bond acceptors (Lipinski definition) is 0. The second-order valence-corrected chi connectivity index (χ2v) is 16.8. The average molecular weight is 538 g/mol. The maximum absolute atomic E-state index is 2.59. The monoisotopic (exact) mass is 537 g/mol. The van der Waals surface area contributed by atoms with Crippen molar-refractivity contribution < 1.29 is 0 Å².